The summed E-state index contributed by atoms with van der Waals surface area (Å²) < 4.78 is 4.98. The summed E-state index contributed by atoms with van der Waals surface area (Å²) in [5.74, 6) is 0.919. The summed E-state index contributed by atoms with van der Waals surface area (Å²) in [6.07, 6.45) is 8.96. The molecule has 266 valence electrons. The molecule has 47 heavy (non-hydrogen) atoms. The number of nitrogens with one attached hydrogen (secondary N) is 5. The van der Waals surface area contributed by atoms with Gasteiger partial charge in [-0.2, -0.15) is 0 Å². The number of ether oxygens (including phenoxy) is 1. The number of methoxy groups -OCH3 is 1. The van der Waals surface area contributed by atoms with E-state index >= 15 is 0 Å². The lowest BCUT2D eigenvalue weighted by Crippen LogP contribution is -2.54. The van der Waals surface area contributed by atoms with Crippen molar-refractivity contribution in [2.75, 3.05) is 67.0 Å². The van der Waals surface area contributed by atoms with Crippen LogP contribution in [0.5, 0.6) is 0 Å². The predicted octanol–water partition coefficient (Wildman–Crippen LogP) is -0.482. The summed E-state index contributed by atoms with van der Waals surface area (Å²) in [6, 6.07) is 0. The van der Waals surface area contributed by atoms with Crippen molar-refractivity contribution in [1.82, 2.24) is 41.3 Å². The molecule has 4 rings (SSSR count). The van der Waals surface area contributed by atoms with E-state index in [1.165, 1.54) is 24.8 Å². The minimum absolute atomic E-state index is 0.0508. The Morgan fingerprint density at radius 1 is 1.17 bits per heavy atom. The minimum atomic E-state index is -1.37. The van der Waals surface area contributed by atoms with Crippen LogP contribution in [-0.4, -0.2) is 145 Å². The fourth-order valence-corrected chi connectivity index (χ4v) is 6.83. The molecule has 7 atom stereocenters. The average molecular weight is 703 g/mol. The minimum Gasteiger partial charge on any atom is -0.505 e. The third-order valence-electron chi connectivity index (χ3n) is 9.21. The number of nitrogens with zero attached hydrogens (tertiary/aromatic N) is 4. The highest BCUT2D eigenvalue weighted by molar-refractivity contribution is 6.31. The van der Waals surface area contributed by atoms with Gasteiger partial charge in [0.1, 0.15) is 17.5 Å². The lowest BCUT2D eigenvalue weighted by Gasteiger charge is -2.48. The van der Waals surface area contributed by atoms with Gasteiger partial charge in [0.25, 0.3) is 0 Å². The Morgan fingerprint density at radius 3 is 2.57 bits per heavy atom. The highest BCUT2D eigenvalue weighted by atomic mass is 35.5. The van der Waals surface area contributed by atoms with E-state index in [1.807, 2.05) is 6.21 Å². The Hall–Kier alpha value is -2.11. The lowest BCUT2D eigenvalue weighted by molar-refractivity contribution is -0.0471. The van der Waals surface area contributed by atoms with E-state index in [1.54, 1.807) is 25.1 Å². The van der Waals surface area contributed by atoms with Gasteiger partial charge < -0.3 is 46.0 Å². The van der Waals surface area contributed by atoms with E-state index in [0.29, 0.717) is 43.6 Å². The second-order valence-corrected chi connectivity index (χ2v) is 13.2. The van der Waals surface area contributed by atoms with Gasteiger partial charge in [0.05, 0.1) is 30.6 Å². The van der Waals surface area contributed by atoms with Gasteiger partial charge in [-0.15, -0.1) is 11.6 Å². The molecule has 0 spiro atoms. The van der Waals surface area contributed by atoms with Crippen LogP contribution in [0, 0.1) is 11.8 Å². The molecule has 4 unspecified atom stereocenters. The first-order chi connectivity index (χ1) is 22.6. The number of rotatable bonds is 17. The first kappa shape index (κ1) is 37.7. The monoisotopic (exact) mass is 701 g/mol. The Balaban J connectivity index is 1.31. The van der Waals surface area contributed by atoms with E-state index in [9.17, 15) is 10.2 Å². The summed E-state index contributed by atoms with van der Waals surface area (Å²) in [7, 11) is 5.01. The van der Waals surface area contributed by atoms with E-state index in [-0.39, 0.29) is 23.9 Å². The van der Waals surface area contributed by atoms with Crippen LogP contribution in [0.3, 0.4) is 0 Å². The predicted molar refractivity (Wildman–Crippen MR) is 184 cm³/mol. The fourth-order valence-electron chi connectivity index (χ4n) is 6.37. The molecule has 9 N–H and O–H groups in total. The molecule has 0 radical (unpaired) electrons. The van der Waals surface area contributed by atoms with Crippen LogP contribution in [0.25, 0.3) is 0 Å². The summed E-state index contributed by atoms with van der Waals surface area (Å²) in [5.41, 5.74) is 3.03. The van der Waals surface area contributed by atoms with E-state index < -0.39 is 24.2 Å². The lowest BCUT2D eigenvalue weighted by atomic mass is 9.67. The maximum absolute atomic E-state index is 11.1. The van der Waals surface area contributed by atoms with Crippen LogP contribution in [0.2, 0.25) is 0 Å². The van der Waals surface area contributed by atoms with Crippen LogP contribution in [0.1, 0.15) is 25.7 Å². The largest absolute Gasteiger partial charge is 0.505 e. The first-order valence-electron chi connectivity index (χ1n) is 16.4. The van der Waals surface area contributed by atoms with E-state index in [2.05, 4.69) is 48.5 Å². The van der Waals surface area contributed by atoms with Crippen molar-refractivity contribution >= 4 is 29.4 Å². The normalized spacial score (nSPS) is 27.7. The Kier molecular flexibility index (Phi) is 14.9. The van der Waals surface area contributed by atoms with Crippen molar-refractivity contribution in [2.45, 2.75) is 62.3 Å². The van der Waals surface area contributed by atoms with Gasteiger partial charge in [0.15, 0.2) is 12.6 Å². The highest BCUT2D eigenvalue weighted by Gasteiger charge is 2.41. The summed E-state index contributed by atoms with van der Waals surface area (Å²) in [6.45, 7) is 5.00. The quantitative estimate of drug-likeness (QED) is 0.0413. The zero-order valence-electron chi connectivity index (χ0n) is 27.5. The number of aliphatic hydroxyl groups excluding tert-OH is 3. The van der Waals surface area contributed by atoms with Crippen molar-refractivity contribution in [3.8, 4) is 0 Å². The SMILES string of the molecule is CN/C(Cl)=C(/NC(O)N(C)C1CC(NC2=CC=C(N3CCN(C[C@H](O)NCCC(O)O)CC3)C3CC[C@H]23)NCC=N1)[C@@H](Cl)/C=C\OC. The third-order valence-corrected chi connectivity index (χ3v) is 9.97. The first-order valence-corrected chi connectivity index (χ1v) is 17.2. The number of aliphatic imine (C=N–C) groups is 1. The number of halogens is 2. The van der Waals surface area contributed by atoms with Gasteiger partial charge in [-0.3, -0.25) is 20.5 Å². The summed E-state index contributed by atoms with van der Waals surface area (Å²) in [5, 5.41) is 55.1. The fraction of sp³-hybridized carbons (Fsp3) is 0.710. The third kappa shape index (κ3) is 10.7. The number of aliphatic hydroxyl groups is 4. The van der Waals surface area contributed by atoms with Crippen LogP contribution in [0.15, 0.2) is 51.7 Å². The number of fused-ring (bicyclic) bond motifs is 1. The summed E-state index contributed by atoms with van der Waals surface area (Å²) in [4.78, 5) is 11.2. The van der Waals surface area contributed by atoms with Crippen molar-refractivity contribution < 1.29 is 25.2 Å². The van der Waals surface area contributed by atoms with Gasteiger partial charge in [-0.25, -0.2) is 4.90 Å². The molecule has 2 aliphatic carbocycles. The number of β-amino-alcohol motifs (C(OH)–C–C–N with tert-alkyl or cyclic N) is 1. The highest BCUT2D eigenvalue weighted by Crippen LogP contribution is 2.47. The molecule has 14 nitrogen and oxygen atoms in total. The summed E-state index contributed by atoms with van der Waals surface area (Å²) >= 11 is 12.9. The molecule has 2 aliphatic heterocycles. The van der Waals surface area contributed by atoms with Crippen molar-refractivity contribution in [3.63, 3.8) is 0 Å². The van der Waals surface area contributed by atoms with Gasteiger partial charge in [0, 0.05) is 95.1 Å². The van der Waals surface area contributed by atoms with Gasteiger partial charge in [-0.05, 0) is 38.1 Å². The van der Waals surface area contributed by atoms with Crippen LogP contribution >= 0.6 is 23.2 Å². The van der Waals surface area contributed by atoms with Crippen LogP contribution < -0.4 is 26.6 Å². The molecule has 2 heterocycles. The molecule has 0 aromatic rings. The molecule has 1 saturated carbocycles. The number of alkyl halides is 1. The van der Waals surface area contributed by atoms with E-state index in [4.69, 9.17) is 43.1 Å². The zero-order chi connectivity index (χ0) is 33.9. The molecule has 1 saturated heterocycles. The maximum atomic E-state index is 11.1. The second-order valence-electron chi connectivity index (χ2n) is 12.3. The average Bonchev–Trinajstić information content (AvgIpc) is 3.28. The molecule has 0 amide bonds. The smallest absolute Gasteiger partial charge is 0.185 e. The topological polar surface area (TPSA) is 172 Å². The van der Waals surface area contributed by atoms with Gasteiger partial charge in [-0.1, -0.05) is 11.6 Å². The molecule has 0 bridgehead atoms. The molecule has 2 fully saturated rings. The molecular formula is C31H53Cl2N9O5. The van der Waals surface area contributed by atoms with Gasteiger partial charge in [0.2, 0.25) is 0 Å². The Bertz CT molecular complexity index is 1150. The Labute approximate surface area is 288 Å². The van der Waals surface area contributed by atoms with Gasteiger partial charge >= 0.3 is 0 Å². The van der Waals surface area contributed by atoms with E-state index in [0.717, 1.165) is 39.0 Å². The number of allylic oxidation sites excluding steroid dienone is 5. The molecular weight excluding hydrogens is 649 g/mol. The molecule has 0 aromatic carbocycles. The Morgan fingerprint density at radius 2 is 1.91 bits per heavy atom. The molecule has 4 aliphatic rings. The van der Waals surface area contributed by atoms with Crippen LogP contribution in [0.4, 0.5) is 0 Å². The van der Waals surface area contributed by atoms with Crippen molar-refractivity contribution in [1.29, 1.82) is 0 Å². The van der Waals surface area contributed by atoms with Crippen molar-refractivity contribution in [2.24, 2.45) is 16.8 Å². The molecule has 16 heteroatoms. The van der Waals surface area contributed by atoms with Crippen LogP contribution in [-0.2, 0) is 4.74 Å². The standard InChI is InChI=1S/C31H53Cl2N9O5/c1-34-30(33)29(22(32)9-17-47-3)39-31(46)40(2)26-18-25(35-11-12-36-26)38-23-6-7-24(21-5-4-20(21)23)42-15-13-41(14-16-42)19-27(43)37-10-8-28(44)45/h6-7,9,12,17,20-22,25-28,31,34-35,37-39,43-46H,4-5,8,10-11,13-16,18-19H2,1-3H3/b17-9-,30-29+/t20-,21?,22-,25?,26?,27-,31?/m0/s1. The maximum Gasteiger partial charge on any atom is 0.185 e. The molecule has 0 aromatic heterocycles. The second kappa shape index (κ2) is 18.6. The number of piperazine rings is 1. The zero-order valence-corrected chi connectivity index (χ0v) is 29.0. The van der Waals surface area contributed by atoms with Crippen molar-refractivity contribution in [3.05, 3.63) is 46.7 Å². The number of hydrogen-bond donors (Lipinski definition) is 9. The number of hydrogen-bond acceptors (Lipinski definition) is 14.